The van der Waals surface area contributed by atoms with Gasteiger partial charge in [-0.1, -0.05) is 12.1 Å². The lowest BCUT2D eigenvalue weighted by atomic mass is 10.2. The van der Waals surface area contributed by atoms with Crippen LogP contribution < -0.4 is 10.5 Å². The fourth-order valence-corrected chi connectivity index (χ4v) is 2.24. The topological polar surface area (TPSA) is 101 Å². The average molecular weight is 328 g/mol. The van der Waals surface area contributed by atoms with E-state index in [0.29, 0.717) is 16.7 Å². The second-order valence-electron chi connectivity index (χ2n) is 5.12. The third-order valence-electron chi connectivity index (χ3n) is 3.35. The molecule has 3 rings (SSSR count). The number of anilines is 1. The standard InChI is InChI=1S/C16H16N4O4/c1-3-23-15(22)12-9-24-16(18-12)20(2)8-13-17-11-7-5-4-6-10(11)14(21)19-13/h4-7,9H,3,8H2,1-2H3,(H,17,19,21). The van der Waals surface area contributed by atoms with Crippen LogP contribution in [0.3, 0.4) is 0 Å². The first-order chi connectivity index (χ1) is 11.6. The van der Waals surface area contributed by atoms with E-state index in [0.717, 1.165) is 0 Å². The molecule has 0 atom stereocenters. The number of carbonyl (C=O) groups excluding carboxylic acids is 1. The highest BCUT2D eigenvalue weighted by atomic mass is 16.5. The third-order valence-corrected chi connectivity index (χ3v) is 3.35. The molecule has 8 heteroatoms. The second kappa shape index (κ2) is 6.53. The van der Waals surface area contributed by atoms with Crippen LogP contribution in [0.25, 0.3) is 10.9 Å². The van der Waals surface area contributed by atoms with Gasteiger partial charge in [-0.25, -0.2) is 9.78 Å². The summed E-state index contributed by atoms with van der Waals surface area (Å²) in [6.45, 7) is 2.24. The Morgan fingerprint density at radius 3 is 2.92 bits per heavy atom. The van der Waals surface area contributed by atoms with E-state index in [1.165, 1.54) is 6.26 Å². The molecule has 0 amide bonds. The monoisotopic (exact) mass is 328 g/mol. The highest BCUT2D eigenvalue weighted by Gasteiger charge is 2.16. The summed E-state index contributed by atoms with van der Waals surface area (Å²) < 4.78 is 10.1. The zero-order valence-corrected chi connectivity index (χ0v) is 13.3. The molecule has 124 valence electrons. The van der Waals surface area contributed by atoms with Crippen LogP contribution in [0.1, 0.15) is 23.2 Å². The van der Waals surface area contributed by atoms with E-state index < -0.39 is 5.97 Å². The van der Waals surface area contributed by atoms with Crippen LogP contribution in [0.2, 0.25) is 0 Å². The third kappa shape index (κ3) is 3.12. The molecular weight excluding hydrogens is 312 g/mol. The molecule has 3 aromatic rings. The maximum atomic E-state index is 12.1. The Labute approximate surface area is 137 Å². The van der Waals surface area contributed by atoms with Crippen molar-refractivity contribution in [3.8, 4) is 0 Å². The van der Waals surface area contributed by atoms with Crippen molar-refractivity contribution in [3.05, 3.63) is 52.4 Å². The maximum absolute atomic E-state index is 12.1. The fraction of sp³-hybridized carbons (Fsp3) is 0.250. The molecule has 0 aliphatic heterocycles. The smallest absolute Gasteiger partial charge is 0.360 e. The normalized spacial score (nSPS) is 10.8. The van der Waals surface area contributed by atoms with Gasteiger partial charge in [0.25, 0.3) is 11.6 Å². The molecule has 0 aliphatic carbocycles. The van der Waals surface area contributed by atoms with Crippen LogP contribution in [0.4, 0.5) is 6.01 Å². The van der Waals surface area contributed by atoms with Gasteiger partial charge in [0.15, 0.2) is 5.69 Å². The van der Waals surface area contributed by atoms with Crippen LogP contribution in [0.15, 0.2) is 39.7 Å². The van der Waals surface area contributed by atoms with E-state index >= 15 is 0 Å². The van der Waals surface area contributed by atoms with Crippen molar-refractivity contribution in [3.63, 3.8) is 0 Å². The van der Waals surface area contributed by atoms with Crippen molar-refractivity contribution in [1.29, 1.82) is 0 Å². The molecule has 1 aromatic carbocycles. The number of H-pyrrole nitrogens is 1. The molecule has 0 aliphatic rings. The van der Waals surface area contributed by atoms with Crippen molar-refractivity contribution in [2.75, 3.05) is 18.6 Å². The molecular formula is C16H16N4O4. The molecule has 1 N–H and O–H groups in total. The molecule has 0 radical (unpaired) electrons. The van der Waals surface area contributed by atoms with Gasteiger partial charge in [-0.15, -0.1) is 0 Å². The summed E-state index contributed by atoms with van der Waals surface area (Å²) in [5.74, 6) is -0.0739. The molecule has 0 spiro atoms. The molecule has 24 heavy (non-hydrogen) atoms. The number of hydrogen-bond donors (Lipinski definition) is 1. The summed E-state index contributed by atoms with van der Waals surface area (Å²) in [7, 11) is 1.72. The lowest BCUT2D eigenvalue weighted by Crippen LogP contribution is -2.22. The van der Waals surface area contributed by atoms with Gasteiger partial charge in [0.05, 0.1) is 24.1 Å². The van der Waals surface area contributed by atoms with Gasteiger partial charge < -0.3 is 19.0 Å². The average Bonchev–Trinajstić information content (AvgIpc) is 3.05. The SMILES string of the molecule is CCOC(=O)c1coc(N(C)Cc2nc3ccccc3c(=O)[nH]2)n1. The number of rotatable bonds is 5. The number of hydrogen-bond acceptors (Lipinski definition) is 7. The van der Waals surface area contributed by atoms with Crippen LogP contribution >= 0.6 is 0 Å². The summed E-state index contributed by atoms with van der Waals surface area (Å²) in [6, 6.07) is 7.33. The molecule has 0 saturated carbocycles. The minimum Gasteiger partial charge on any atom is -0.461 e. The highest BCUT2D eigenvalue weighted by molar-refractivity contribution is 5.87. The van der Waals surface area contributed by atoms with E-state index in [1.54, 1.807) is 37.1 Å². The number of oxazole rings is 1. The second-order valence-corrected chi connectivity index (χ2v) is 5.12. The van der Waals surface area contributed by atoms with E-state index in [9.17, 15) is 9.59 Å². The lowest BCUT2D eigenvalue weighted by molar-refractivity contribution is 0.0519. The minimum atomic E-state index is -0.543. The van der Waals surface area contributed by atoms with Crippen molar-refractivity contribution >= 4 is 22.9 Å². The van der Waals surface area contributed by atoms with E-state index in [2.05, 4.69) is 15.0 Å². The summed E-state index contributed by atoms with van der Waals surface area (Å²) in [6.07, 6.45) is 1.24. The Hall–Kier alpha value is -3.16. The van der Waals surface area contributed by atoms with E-state index in [-0.39, 0.29) is 30.4 Å². The first-order valence-electron chi connectivity index (χ1n) is 7.40. The number of aromatic amines is 1. The minimum absolute atomic E-state index is 0.0960. The number of nitrogens with zero attached hydrogens (tertiary/aromatic N) is 3. The van der Waals surface area contributed by atoms with Crippen molar-refractivity contribution in [2.24, 2.45) is 0 Å². The van der Waals surface area contributed by atoms with Crippen LogP contribution in [-0.4, -0.2) is 34.6 Å². The molecule has 2 aromatic heterocycles. The number of carbonyl (C=O) groups is 1. The Balaban J connectivity index is 1.81. The fourth-order valence-electron chi connectivity index (χ4n) is 2.24. The van der Waals surface area contributed by atoms with Gasteiger partial charge in [0.1, 0.15) is 12.1 Å². The number of benzene rings is 1. The van der Waals surface area contributed by atoms with Gasteiger partial charge >= 0.3 is 5.97 Å². The Morgan fingerprint density at radius 2 is 2.12 bits per heavy atom. The molecule has 0 unspecified atom stereocenters. The zero-order chi connectivity index (χ0) is 17.1. The van der Waals surface area contributed by atoms with Crippen molar-refractivity contribution < 1.29 is 13.9 Å². The largest absolute Gasteiger partial charge is 0.461 e. The first kappa shape index (κ1) is 15.7. The zero-order valence-electron chi connectivity index (χ0n) is 13.3. The lowest BCUT2D eigenvalue weighted by Gasteiger charge is -2.13. The highest BCUT2D eigenvalue weighted by Crippen LogP contribution is 2.15. The maximum Gasteiger partial charge on any atom is 0.360 e. The number of esters is 1. The van der Waals surface area contributed by atoms with Gasteiger partial charge in [-0.3, -0.25) is 4.79 Å². The van der Waals surface area contributed by atoms with Crippen LogP contribution in [0.5, 0.6) is 0 Å². The Bertz CT molecular complexity index is 931. The van der Waals surface area contributed by atoms with Gasteiger partial charge in [0.2, 0.25) is 0 Å². The number of para-hydroxylation sites is 1. The molecule has 2 heterocycles. The summed E-state index contributed by atoms with van der Waals surface area (Å²) in [5, 5.41) is 0.532. The molecule has 0 fully saturated rings. The summed E-state index contributed by atoms with van der Waals surface area (Å²) >= 11 is 0. The van der Waals surface area contributed by atoms with Crippen molar-refractivity contribution in [1.82, 2.24) is 15.0 Å². The van der Waals surface area contributed by atoms with Crippen LogP contribution in [0, 0.1) is 0 Å². The van der Waals surface area contributed by atoms with Gasteiger partial charge in [-0.2, -0.15) is 4.98 Å². The van der Waals surface area contributed by atoms with Gasteiger partial charge in [0, 0.05) is 7.05 Å². The number of nitrogens with one attached hydrogen (secondary N) is 1. The molecule has 8 nitrogen and oxygen atoms in total. The van der Waals surface area contributed by atoms with Crippen LogP contribution in [-0.2, 0) is 11.3 Å². The Morgan fingerprint density at radius 1 is 1.33 bits per heavy atom. The Kier molecular flexibility index (Phi) is 4.28. The first-order valence-corrected chi connectivity index (χ1v) is 7.40. The predicted molar refractivity (Wildman–Crippen MR) is 86.9 cm³/mol. The summed E-state index contributed by atoms with van der Waals surface area (Å²) in [4.78, 5) is 36.5. The number of fused-ring (bicyclic) bond motifs is 1. The number of ether oxygens (including phenoxy) is 1. The van der Waals surface area contributed by atoms with E-state index in [1.807, 2.05) is 6.07 Å². The van der Waals surface area contributed by atoms with Crippen molar-refractivity contribution in [2.45, 2.75) is 13.5 Å². The quantitative estimate of drug-likeness (QED) is 0.712. The molecule has 0 saturated heterocycles. The molecule has 0 bridgehead atoms. The van der Waals surface area contributed by atoms with Gasteiger partial charge in [-0.05, 0) is 19.1 Å². The summed E-state index contributed by atoms with van der Waals surface area (Å²) in [5.41, 5.74) is 0.506. The predicted octanol–water partition coefficient (Wildman–Crippen LogP) is 1.72. The number of aromatic nitrogens is 3. The van der Waals surface area contributed by atoms with E-state index in [4.69, 9.17) is 9.15 Å².